The van der Waals surface area contributed by atoms with Crippen molar-refractivity contribution >= 4 is 7.82 Å². The Bertz CT molecular complexity index is 130. The summed E-state index contributed by atoms with van der Waals surface area (Å²) in [5, 5.41) is 0. The van der Waals surface area contributed by atoms with Gasteiger partial charge >= 0.3 is 7.82 Å². The van der Waals surface area contributed by atoms with E-state index in [0.717, 1.165) is 6.42 Å². The van der Waals surface area contributed by atoms with Gasteiger partial charge in [-0.05, 0) is 5.92 Å². The van der Waals surface area contributed by atoms with Crippen LogP contribution in [0.5, 0.6) is 0 Å². The van der Waals surface area contributed by atoms with Crippen LogP contribution in [0.25, 0.3) is 0 Å². The standard InChI is InChI=1S/C5H13O4P/c1-3-5(2)4-9-10(6,7)8/h5H,3-4H2,1-2H3,(H2,6,7,8)/t5-/m0/s1. The molecule has 0 aromatic heterocycles. The first-order chi connectivity index (χ1) is 4.45. The zero-order chi connectivity index (χ0) is 8.20. The molecule has 0 aliphatic heterocycles. The highest BCUT2D eigenvalue weighted by Gasteiger charge is 2.14. The lowest BCUT2D eigenvalue weighted by molar-refractivity contribution is 0.171. The first kappa shape index (κ1) is 10.1. The maximum Gasteiger partial charge on any atom is 0.469 e. The molecule has 0 heterocycles. The van der Waals surface area contributed by atoms with Gasteiger partial charge in [-0.25, -0.2) is 4.57 Å². The summed E-state index contributed by atoms with van der Waals surface area (Å²) in [6.07, 6.45) is 0.861. The lowest BCUT2D eigenvalue weighted by atomic mass is 10.1. The summed E-state index contributed by atoms with van der Waals surface area (Å²) in [5.74, 6) is 0.202. The Kier molecular flexibility index (Phi) is 4.13. The number of hydrogen-bond acceptors (Lipinski definition) is 2. The van der Waals surface area contributed by atoms with Crippen LogP contribution in [0.15, 0.2) is 0 Å². The summed E-state index contributed by atoms with van der Waals surface area (Å²) in [5.41, 5.74) is 0. The van der Waals surface area contributed by atoms with E-state index >= 15 is 0 Å². The van der Waals surface area contributed by atoms with Crippen molar-refractivity contribution in [3.8, 4) is 0 Å². The molecule has 62 valence electrons. The Labute approximate surface area is 60.5 Å². The fraction of sp³-hybridized carbons (Fsp3) is 1.00. The minimum atomic E-state index is -4.23. The normalized spacial score (nSPS) is 15.2. The third-order valence-corrected chi connectivity index (χ3v) is 1.71. The largest absolute Gasteiger partial charge is 0.469 e. The van der Waals surface area contributed by atoms with E-state index in [9.17, 15) is 4.57 Å². The van der Waals surface area contributed by atoms with Crippen LogP contribution in [-0.4, -0.2) is 16.4 Å². The van der Waals surface area contributed by atoms with Gasteiger partial charge < -0.3 is 9.79 Å². The minimum absolute atomic E-state index is 0.126. The molecule has 4 nitrogen and oxygen atoms in total. The Morgan fingerprint density at radius 3 is 2.40 bits per heavy atom. The van der Waals surface area contributed by atoms with E-state index in [-0.39, 0.29) is 12.5 Å². The topological polar surface area (TPSA) is 66.8 Å². The molecule has 0 aliphatic carbocycles. The maximum atomic E-state index is 10.1. The van der Waals surface area contributed by atoms with Crippen LogP contribution < -0.4 is 0 Å². The average Bonchev–Trinajstić information content (AvgIpc) is 1.81. The Morgan fingerprint density at radius 2 is 2.10 bits per heavy atom. The van der Waals surface area contributed by atoms with Crippen molar-refractivity contribution in [3.05, 3.63) is 0 Å². The molecule has 10 heavy (non-hydrogen) atoms. The summed E-state index contributed by atoms with van der Waals surface area (Å²) >= 11 is 0. The molecule has 0 aromatic rings. The van der Waals surface area contributed by atoms with E-state index < -0.39 is 7.82 Å². The van der Waals surface area contributed by atoms with Crippen molar-refractivity contribution in [2.75, 3.05) is 6.61 Å². The molecule has 0 aromatic carbocycles. The monoisotopic (exact) mass is 168 g/mol. The van der Waals surface area contributed by atoms with Crippen molar-refractivity contribution in [2.24, 2.45) is 5.92 Å². The molecule has 0 radical (unpaired) electrons. The van der Waals surface area contributed by atoms with Gasteiger partial charge in [0.15, 0.2) is 0 Å². The quantitative estimate of drug-likeness (QED) is 0.617. The molecule has 0 unspecified atom stereocenters. The molecule has 0 saturated carbocycles. The van der Waals surface area contributed by atoms with E-state index in [1.165, 1.54) is 0 Å². The number of phosphoric ester groups is 1. The first-order valence-corrected chi connectivity index (χ1v) is 4.69. The zero-order valence-corrected chi connectivity index (χ0v) is 7.04. The van der Waals surface area contributed by atoms with Crippen LogP contribution in [0.2, 0.25) is 0 Å². The minimum Gasteiger partial charge on any atom is -0.303 e. The maximum absolute atomic E-state index is 10.1. The highest BCUT2D eigenvalue weighted by atomic mass is 31.2. The predicted octanol–water partition coefficient (Wildman–Crippen LogP) is 1.14. The smallest absolute Gasteiger partial charge is 0.303 e. The van der Waals surface area contributed by atoms with Gasteiger partial charge in [0.25, 0.3) is 0 Å². The van der Waals surface area contributed by atoms with Crippen molar-refractivity contribution in [3.63, 3.8) is 0 Å². The molecule has 0 rings (SSSR count). The van der Waals surface area contributed by atoms with Gasteiger partial charge in [-0.1, -0.05) is 20.3 Å². The van der Waals surface area contributed by atoms with Crippen LogP contribution in [0, 0.1) is 5.92 Å². The van der Waals surface area contributed by atoms with Gasteiger partial charge in [-0.3, -0.25) is 4.52 Å². The molecule has 0 saturated heterocycles. The highest BCUT2D eigenvalue weighted by Crippen LogP contribution is 2.36. The molecule has 2 N–H and O–H groups in total. The highest BCUT2D eigenvalue weighted by molar-refractivity contribution is 7.46. The summed E-state index contributed by atoms with van der Waals surface area (Å²) in [4.78, 5) is 16.5. The molecule has 0 spiro atoms. The van der Waals surface area contributed by atoms with Crippen molar-refractivity contribution in [2.45, 2.75) is 20.3 Å². The Balaban J connectivity index is 3.46. The fourth-order valence-corrected chi connectivity index (χ4v) is 0.791. The first-order valence-electron chi connectivity index (χ1n) is 3.15. The van der Waals surface area contributed by atoms with E-state index in [2.05, 4.69) is 4.52 Å². The molecule has 1 atom stereocenters. The van der Waals surface area contributed by atoms with Gasteiger partial charge in [0, 0.05) is 0 Å². The molecule has 0 fully saturated rings. The second-order valence-corrected chi connectivity index (χ2v) is 3.54. The molecule has 0 aliphatic rings. The molecule has 0 amide bonds. The SMILES string of the molecule is CC[C@H](C)COP(=O)(O)O. The third kappa shape index (κ3) is 6.23. The van der Waals surface area contributed by atoms with Gasteiger partial charge in [0.2, 0.25) is 0 Å². The lowest BCUT2D eigenvalue weighted by Crippen LogP contribution is -2.02. The van der Waals surface area contributed by atoms with Crippen molar-refractivity contribution < 1.29 is 18.9 Å². The number of rotatable bonds is 4. The van der Waals surface area contributed by atoms with Gasteiger partial charge in [-0.15, -0.1) is 0 Å². The summed E-state index contributed by atoms with van der Waals surface area (Å²) in [6, 6.07) is 0. The van der Waals surface area contributed by atoms with Gasteiger partial charge in [-0.2, -0.15) is 0 Å². The number of hydrogen-bond donors (Lipinski definition) is 2. The summed E-state index contributed by atoms with van der Waals surface area (Å²) in [6.45, 7) is 3.93. The Morgan fingerprint density at radius 1 is 1.60 bits per heavy atom. The molecular formula is C5H13O4P. The van der Waals surface area contributed by atoms with Crippen LogP contribution in [0.3, 0.4) is 0 Å². The third-order valence-electron chi connectivity index (χ3n) is 1.22. The van der Waals surface area contributed by atoms with Crippen LogP contribution in [0.4, 0.5) is 0 Å². The zero-order valence-electron chi connectivity index (χ0n) is 6.15. The van der Waals surface area contributed by atoms with E-state index in [1.54, 1.807) is 0 Å². The molecular weight excluding hydrogens is 155 g/mol. The lowest BCUT2D eigenvalue weighted by Gasteiger charge is -2.08. The fourth-order valence-electron chi connectivity index (χ4n) is 0.342. The van der Waals surface area contributed by atoms with E-state index in [0.29, 0.717) is 0 Å². The van der Waals surface area contributed by atoms with Crippen molar-refractivity contribution in [1.29, 1.82) is 0 Å². The second kappa shape index (κ2) is 4.09. The van der Waals surface area contributed by atoms with Crippen LogP contribution >= 0.6 is 7.82 Å². The Hall–Kier alpha value is 0.110. The molecule has 5 heteroatoms. The molecule has 0 bridgehead atoms. The van der Waals surface area contributed by atoms with E-state index in [1.807, 2.05) is 13.8 Å². The van der Waals surface area contributed by atoms with Crippen LogP contribution in [0.1, 0.15) is 20.3 Å². The number of phosphoric acid groups is 1. The van der Waals surface area contributed by atoms with Crippen molar-refractivity contribution in [1.82, 2.24) is 0 Å². The van der Waals surface area contributed by atoms with Gasteiger partial charge in [0.05, 0.1) is 6.61 Å². The summed E-state index contributed by atoms with van der Waals surface area (Å²) < 4.78 is 14.4. The van der Waals surface area contributed by atoms with E-state index in [4.69, 9.17) is 9.79 Å². The average molecular weight is 168 g/mol. The second-order valence-electron chi connectivity index (χ2n) is 2.30. The predicted molar refractivity (Wildman–Crippen MR) is 37.5 cm³/mol. The van der Waals surface area contributed by atoms with Crippen LogP contribution in [-0.2, 0) is 9.09 Å². The van der Waals surface area contributed by atoms with Gasteiger partial charge in [0.1, 0.15) is 0 Å². The summed E-state index contributed by atoms with van der Waals surface area (Å²) in [7, 11) is -4.23.